The zero-order valence-corrected chi connectivity index (χ0v) is 22.8. The zero-order chi connectivity index (χ0) is 27.2. The highest BCUT2D eigenvalue weighted by Gasteiger charge is 2.37. The standard InChI is InChI=1S/C31H34FN7O/c1-36-14-16-37(17-15-36)29-27-30(34-20-33-29)39(19-21-12-13-38(18-21)31(40)25-6-7-25)28(35-27)24-4-2-22(3-5-24)23-8-10-26(32)11-9-23/h2-5,8-11,20-21,25H,6-7,12-19H2,1H3. The summed E-state index contributed by atoms with van der Waals surface area (Å²) in [6.07, 6.45) is 4.72. The number of benzene rings is 2. The fraction of sp³-hybridized carbons (Fsp3) is 0.419. The Morgan fingerprint density at radius 2 is 1.55 bits per heavy atom. The summed E-state index contributed by atoms with van der Waals surface area (Å²) >= 11 is 0. The minimum absolute atomic E-state index is 0.240. The quantitative estimate of drug-likeness (QED) is 0.364. The smallest absolute Gasteiger partial charge is 0.225 e. The molecule has 4 aromatic rings. The SMILES string of the molecule is CN1CCN(c2ncnc3c2nc(-c2ccc(-c4ccc(F)cc4)cc2)n3CC2CCN(C(=O)C3CC3)C2)CC1. The molecule has 1 saturated carbocycles. The maximum absolute atomic E-state index is 13.4. The van der Waals surface area contributed by atoms with Gasteiger partial charge in [0.15, 0.2) is 17.0 Å². The first kappa shape index (κ1) is 25.1. The first-order chi connectivity index (χ1) is 19.5. The number of likely N-dealkylation sites (tertiary alicyclic amines) is 1. The van der Waals surface area contributed by atoms with Crippen molar-refractivity contribution >= 4 is 22.9 Å². The predicted octanol–water partition coefficient (Wildman–Crippen LogP) is 4.31. The van der Waals surface area contributed by atoms with Crippen LogP contribution in [0.15, 0.2) is 54.9 Å². The van der Waals surface area contributed by atoms with E-state index in [1.807, 2.05) is 0 Å². The van der Waals surface area contributed by atoms with Crippen molar-refractivity contribution < 1.29 is 9.18 Å². The Balaban J connectivity index is 1.24. The Morgan fingerprint density at radius 3 is 2.25 bits per heavy atom. The first-order valence-electron chi connectivity index (χ1n) is 14.3. The van der Waals surface area contributed by atoms with Gasteiger partial charge in [-0.25, -0.2) is 19.3 Å². The lowest BCUT2D eigenvalue weighted by molar-refractivity contribution is -0.131. The molecule has 1 aliphatic carbocycles. The third-order valence-electron chi connectivity index (χ3n) is 8.60. The Bertz CT molecular complexity index is 1520. The number of hydrogen-bond donors (Lipinski definition) is 0. The van der Waals surface area contributed by atoms with E-state index < -0.39 is 0 Å². The molecule has 2 saturated heterocycles. The number of anilines is 1. The van der Waals surface area contributed by atoms with Gasteiger partial charge in [-0.2, -0.15) is 0 Å². The third kappa shape index (κ3) is 4.83. The molecule has 3 aliphatic rings. The van der Waals surface area contributed by atoms with Crippen LogP contribution < -0.4 is 4.90 Å². The van der Waals surface area contributed by atoms with Crippen LogP contribution in [0.4, 0.5) is 10.2 Å². The second-order valence-corrected chi connectivity index (χ2v) is 11.5. The van der Waals surface area contributed by atoms with Crippen molar-refractivity contribution in [2.75, 3.05) is 51.2 Å². The average molecular weight is 540 g/mol. The van der Waals surface area contributed by atoms with Crippen molar-refractivity contribution in [1.82, 2.24) is 29.3 Å². The molecular weight excluding hydrogens is 505 g/mol. The van der Waals surface area contributed by atoms with Crippen LogP contribution in [0.5, 0.6) is 0 Å². The number of fused-ring (bicyclic) bond motifs is 1. The number of rotatable bonds is 6. The highest BCUT2D eigenvalue weighted by atomic mass is 19.1. The number of carbonyl (C=O) groups excluding carboxylic acids is 1. The van der Waals surface area contributed by atoms with Gasteiger partial charge >= 0.3 is 0 Å². The normalized spacial score (nSPS) is 20.0. The van der Waals surface area contributed by atoms with E-state index in [2.05, 4.69) is 50.6 Å². The van der Waals surface area contributed by atoms with Crippen LogP contribution in [0.1, 0.15) is 19.3 Å². The van der Waals surface area contributed by atoms with E-state index in [-0.39, 0.29) is 11.7 Å². The molecular formula is C31H34FN7O. The molecule has 0 N–H and O–H groups in total. The molecule has 0 bridgehead atoms. The molecule has 2 aliphatic heterocycles. The minimum Gasteiger partial charge on any atom is -0.352 e. The van der Waals surface area contributed by atoms with Gasteiger partial charge < -0.3 is 19.3 Å². The van der Waals surface area contributed by atoms with Crippen LogP contribution in [0.3, 0.4) is 0 Å². The van der Waals surface area contributed by atoms with Gasteiger partial charge in [0.1, 0.15) is 18.0 Å². The Hall–Kier alpha value is -3.85. The zero-order valence-electron chi connectivity index (χ0n) is 22.8. The van der Waals surface area contributed by atoms with Crippen LogP contribution in [-0.4, -0.2) is 81.5 Å². The summed E-state index contributed by atoms with van der Waals surface area (Å²) in [5, 5.41) is 0. The van der Waals surface area contributed by atoms with E-state index in [0.717, 1.165) is 105 Å². The van der Waals surface area contributed by atoms with Gasteiger partial charge in [0.2, 0.25) is 5.91 Å². The van der Waals surface area contributed by atoms with Crippen LogP contribution in [0, 0.1) is 17.7 Å². The number of nitrogens with zero attached hydrogens (tertiary/aromatic N) is 7. The topological polar surface area (TPSA) is 70.4 Å². The Kier molecular flexibility index (Phi) is 6.46. The molecule has 2 aromatic carbocycles. The number of hydrogen-bond acceptors (Lipinski definition) is 6. The summed E-state index contributed by atoms with van der Waals surface area (Å²) in [6, 6.07) is 14.8. The second kappa shape index (κ2) is 10.3. The van der Waals surface area contributed by atoms with Crippen LogP contribution in [0.2, 0.25) is 0 Å². The van der Waals surface area contributed by atoms with Crippen molar-refractivity contribution in [2.45, 2.75) is 25.8 Å². The molecule has 8 nitrogen and oxygen atoms in total. The van der Waals surface area contributed by atoms with Crippen molar-refractivity contribution in [2.24, 2.45) is 11.8 Å². The van der Waals surface area contributed by atoms with Crippen molar-refractivity contribution in [1.29, 1.82) is 0 Å². The van der Waals surface area contributed by atoms with Crippen LogP contribution in [-0.2, 0) is 11.3 Å². The highest BCUT2D eigenvalue weighted by Crippen LogP contribution is 2.35. The van der Waals surface area contributed by atoms with Crippen molar-refractivity contribution in [3.63, 3.8) is 0 Å². The fourth-order valence-corrected chi connectivity index (χ4v) is 6.05. The molecule has 206 valence electrons. The first-order valence-corrected chi connectivity index (χ1v) is 14.3. The van der Waals surface area contributed by atoms with E-state index in [9.17, 15) is 9.18 Å². The molecule has 3 fully saturated rings. The fourth-order valence-electron chi connectivity index (χ4n) is 6.05. The van der Waals surface area contributed by atoms with Gasteiger partial charge in [0.25, 0.3) is 0 Å². The number of aromatic nitrogens is 4. The van der Waals surface area contributed by atoms with E-state index in [1.165, 1.54) is 12.1 Å². The highest BCUT2D eigenvalue weighted by molar-refractivity contribution is 5.87. The lowest BCUT2D eigenvalue weighted by Gasteiger charge is -2.33. The Labute approximate surface area is 233 Å². The molecule has 0 radical (unpaired) electrons. The number of halogens is 1. The van der Waals surface area contributed by atoms with Gasteiger partial charge in [-0.3, -0.25) is 4.79 Å². The number of carbonyl (C=O) groups is 1. The Morgan fingerprint density at radius 1 is 0.875 bits per heavy atom. The lowest BCUT2D eigenvalue weighted by atomic mass is 10.0. The average Bonchev–Trinajstić information content (AvgIpc) is 3.62. The lowest BCUT2D eigenvalue weighted by Crippen LogP contribution is -2.44. The summed E-state index contributed by atoms with van der Waals surface area (Å²) in [4.78, 5) is 34.0. The molecule has 7 rings (SSSR count). The van der Waals surface area contributed by atoms with E-state index >= 15 is 0 Å². The summed E-state index contributed by atoms with van der Waals surface area (Å²) < 4.78 is 15.7. The van der Waals surface area contributed by atoms with Gasteiger partial charge in [0, 0.05) is 57.3 Å². The number of imidazole rings is 1. The molecule has 2 aromatic heterocycles. The molecule has 4 heterocycles. The molecule has 40 heavy (non-hydrogen) atoms. The molecule has 1 atom stereocenters. The van der Waals surface area contributed by atoms with E-state index in [0.29, 0.717) is 11.8 Å². The van der Waals surface area contributed by atoms with Crippen LogP contribution in [0.25, 0.3) is 33.7 Å². The van der Waals surface area contributed by atoms with Gasteiger partial charge in [-0.05, 0) is 55.5 Å². The van der Waals surface area contributed by atoms with Gasteiger partial charge in [-0.15, -0.1) is 0 Å². The maximum atomic E-state index is 13.4. The van der Waals surface area contributed by atoms with E-state index in [4.69, 9.17) is 15.0 Å². The number of piperazine rings is 1. The summed E-state index contributed by atoms with van der Waals surface area (Å²) in [5.41, 5.74) is 4.66. The largest absolute Gasteiger partial charge is 0.352 e. The summed E-state index contributed by atoms with van der Waals surface area (Å²) in [7, 11) is 2.15. The number of amides is 1. The summed E-state index contributed by atoms with van der Waals surface area (Å²) in [6.45, 7) is 6.13. The molecule has 1 unspecified atom stereocenters. The molecule has 9 heteroatoms. The van der Waals surface area contributed by atoms with Crippen LogP contribution >= 0.6 is 0 Å². The minimum atomic E-state index is -0.240. The maximum Gasteiger partial charge on any atom is 0.225 e. The molecule has 0 spiro atoms. The van der Waals surface area contributed by atoms with Crippen molar-refractivity contribution in [3.05, 3.63) is 60.7 Å². The monoisotopic (exact) mass is 539 g/mol. The third-order valence-corrected chi connectivity index (χ3v) is 8.60. The van der Waals surface area contributed by atoms with Crippen molar-refractivity contribution in [3.8, 4) is 22.5 Å². The van der Waals surface area contributed by atoms with E-state index in [1.54, 1.807) is 18.5 Å². The number of likely N-dealkylation sites (N-methyl/N-ethyl adjacent to an activating group) is 1. The van der Waals surface area contributed by atoms with Gasteiger partial charge in [-0.1, -0.05) is 36.4 Å². The van der Waals surface area contributed by atoms with Gasteiger partial charge in [0.05, 0.1) is 0 Å². The summed E-state index contributed by atoms with van der Waals surface area (Å²) in [5.74, 6) is 2.44. The second-order valence-electron chi connectivity index (χ2n) is 11.5. The predicted molar refractivity (Wildman–Crippen MR) is 153 cm³/mol. The molecule has 1 amide bonds.